The Labute approximate surface area is 135 Å². The number of nitrogens with one attached hydrogen (secondary N) is 1. The van der Waals surface area contributed by atoms with Gasteiger partial charge in [-0.05, 0) is 23.6 Å². The lowest BCUT2D eigenvalue weighted by atomic mass is 10.00. The van der Waals surface area contributed by atoms with Crippen molar-refractivity contribution < 1.29 is 9.53 Å². The van der Waals surface area contributed by atoms with Crippen LogP contribution < -0.4 is 5.32 Å². The lowest BCUT2D eigenvalue weighted by molar-refractivity contribution is 0.0728. The van der Waals surface area contributed by atoms with E-state index < -0.39 is 0 Å². The molecule has 0 saturated carbocycles. The molecule has 6 nitrogen and oxygen atoms in total. The van der Waals surface area contributed by atoms with E-state index in [0.29, 0.717) is 37.9 Å². The molecule has 120 valence electrons. The highest BCUT2D eigenvalue weighted by molar-refractivity contribution is 5.92. The number of hydrogen-bond donors (Lipinski definition) is 1. The quantitative estimate of drug-likeness (QED) is 0.852. The number of carbonyl (C=O) groups is 1. The van der Waals surface area contributed by atoms with Crippen molar-refractivity contribution in [3.63, 3.8) is 0 Å². The maximum atomic E-state index is 12.7. The summed E-state index contributed by atoms with van der Waals surface area (Å²) in [7, 11) is 1.64. The van der Waals surface area contributed by atoms with E-state index in [4.69, 9.17) is 4.74 Å². The van der Waals surface area contributed by atoms with Crippen LogP contribution in [-0.4, -0.2) is 47.6 Å². The number of nitrogens with zero attached hydrogens (tertiary/aromatic N) is 3. The first-order valence-corrected chi connectivity index (χ1v) is 7.70. The van der Waals surface area contributed by atoms with E-state index in [1.54, 1.807) is 19.4 Å². The minimum atomic E-state index is -0.0586. The zero-order valence-electron chi connectivity index (χ0n) is 13.2. The van der Waals surface area contributed by atoms with Gasteiger partial charge in [0.2, 0.25) is 5.95 Å². The van der Waals surface area contributed by atoms with Crippen LogP contribution in [-0.2, 0) is 17.7 Å². The van der Waals surface area contributed by atoms with E-state index in [0.717, 1.165) is 6.42 Å². The third kappa shape index (κ3) is 3.65. The van der Waals surface area contributed by atoms with Gasteiger partial charge in [-0.3, -0.25) is 4.79 Å². The molecule has 0 bridgehead atoms. The Morgan fingerprint density at radius 2 is 2.13 bits per heavy atom. The van der Waals surface area contributed by atoms with Crippen LogP contribution in [0, 0.1) is 0 Å². The minimum absolute atomic E-state index is 0.0586. The second-order valence-corrected chi connectivity index (χ2v) is 5.43. The summed E-state index contributed by atoms with van der Waals surface area (Å²) in [5, 5.41) is 3.04. The number of ether oxygens (including phenoxy) is 1. The molecule has 2 heterocycles. The van der Waals surface area contributed by atoms with Crippen LogP contribution in [0.4, 0.5) is 5.95 Å². The summed E-state index contributed by atoms with van der Waals surface area (Å²) in [6.45, 7) is 2.51. The fourth-order valence-corrected chi connectivity index (χ4v) is 2.66. The van der Waals surface area contributed by atoms with Crippen molar-refractivity contribution >= 4 is 11.9 Å². The highest BCUT2D eigenvalue weighted by Gasteiger charge is 2.22. The van der Waals surface area contributed by atoms with Crippen molar-refractivity contribution in [3.05, 3.63) is 53.3 Å². The number of anilines is 1. The Kier molecular flexibility index (Phi) is 4.83. The fourth-order valence-electron chi connectivity index (χ4n) is 2.66. The van der Waals surface area contributed by atoms with Crippen LogP contribution >= 0.6 is 0 Å². The molecule has 1 aliphatic heterocycles. The maximum Gasteiger partial charge on any atom is 0.272 e. The Balaban J connectivity index is 1.70. The van der Waals surface area contributed by atoms with Gasteiger partial charge in [-0.15, -0.1) is 0 Å². The summed E-state index contributed by atoms with van der Waals surface area (Å²) in [5.41, 5.74) is 2.94. The van der Waals surface area contributed by atoms with Crippen LogP contribution in [0.1, 0.15) is 21.6 Å². The van der Waals surface area contributed by atoms with Crippen LogP contribution in [0.2, 0.25) is 0 Å². The van der Waals surface area contributed by atoms with Crippen LogP contribution in [0.15, 0.2) is 36.5 Å². The smallest absolute Gasteiger partial charge is 0.272 e. The first-order chi connectivity index (χ1) is 11.3. The number of aromatic nitrogens is 2. The number of rotatable bonds is 5. The predicted molar refractivity (Wildman–Crippen MR) is 87.3 cm³/mol. The Hall–Kier alpha value is -2.47. The van der Waals surface area contributed by atoms with Crippen molar-refractivity contribution in [2.24, 2.45) is 0 Å². The predicted octanol–water partition coefficient (Wildman–Crippen LogP) is 1.73. The minimum Gasteiger partial charge on any atom is -0.383 e. The number of benzene rings is 1. The summed E-state index contributed by atoms with van der Waals surface area (Å²) < 4.78 is 4.98. The molecule has 1 aromatic heterocycles. The molecular weight excluding hydrogens is 292 g/mol. The lowest BCUT2D eigenvalue weighted by Crippen LogP contribution is -2.36. The molecule has 0 spiro atoms. The number of fused-ring (bicyclic) bond motifs is 1. The monoisotopic (exact) mass is 312 g/mol. The number of hydrogen-bond acceptors (Lipinski definition) is 5. The molecule has 0 atom stereocenters. The van der Waals surface area contributed by atoms with Crippen LogP contribution in [0.3, 0.4) is 0 Å². The van der Waals surface area contributed by atoms with Gasteiger partial charge < -0.3 is 15.0 Å². The molecule has 0 aliphatic carbocycles. The molecule has 0 unspecified atom stereocenters. The first kappa shape index (κ1) is 15.4. The lowest BCUT2D eigenvalue weighted by Gasteiger charge is -2.28. The van der Waals surface area contributed by atoms with E-state index in [-0.39, 0.29) is 5.91 Å². The Morgan fingerprint density at radius 1 is 1.30 bits per heavy atom. The molecule has 6 heteroatoms. The van der Waals surface area contributed by atoms with E-state index in [1.165, 1.54) is 11.1 Å². The Morgan fingerprint density at radius 3 is 2.96 bits per heavy atom. The van der Waals surface area contributed by atoms with Crippen LogP contribution in [0.25, 0.3) is 0 Å². The van der Waals surface area contributed by atoms with E-state index in [1.807, 2.05) is 17.0 Å². The van der Waals surface area contributed by atoms with Gasteiger partial charge in [-0.1, -0.05) is 24.3 Å². The molecule has 1 aromatic carbocycles. The molecule has 0 fully saturated rings. The summed E-state index contributed by atoms with van der Waals surface area (Å²) >= 11 is 0. The highest BCUT2D eigenvalue weighted by Crippen LogP contribution is 2.19. The van der Waals surface area contributed by atoms with Gasteiger partial charge in [-0.25, -0.2) is 9.97 Å². The molecule has 23 heavy (non-hydrogen) atoms. The van der Waals surface area contributed by atoms with Crippen LogP contribution in [0.5, 0.6) is 0 Å². The topological polar surface area (TPSA) is 67.3 Å². The van der Waals surface area contributed by atoms with Crippen molar-refractivity contribution in [2.75, 3.05) is 32.1 Å². The largest absolute Gasteiger partial charge is 0.383 e. The summed E-state index contributed by atoms with van der Waals surface area (Å²) in [4.78, 5) is 22.9. The summed E-state index contributed by atoms with van der Waals surface area (Å²) in [6, 6.07) is 9.91. The van der Waals surface area contributed by atoms with Crippen molar-refractivity contribution in [3.8, 4) is 0 Å². The first-order valence-electron chi connectivity index (χ1n) is 7.70. The average molecular weight is 312 g/mol. The normalized spacial score (nSPS) is 13.5. The SMILES string of the molecule is COCCNc1nccc(C(=O)N2CCc3ccccc3C2)n1. The molecule has 0 saturated heterocycles. The third-order valence-electron chi connectivity index (χ3n) is 3.88. The second kappa shape index (κ2) is 7.19. The number of carbonyl (C=O) groups excluding carboxylic acids is 1. The maximum absolute atomic E-state index is 12.7. The fraction of sp³-hybridized carbons (Fsp3) is 0.353. The molecule has 1 aliphatic rings. The molecular formula is C17H20N4O2. The van der Waals surface area contributed by atoms with Crippen molar-refractivity contribution in [1.29, 1.82) is 0 Å². The van der Waals surface area contributed by atoms with Gasteiger partial charge in [0.25, 0.3) is 5.91 Å². The second-order valence-electron chi connectivity index (χ2n) is 5.43. The zero-order valence-corrected chi connectivity index (χ0v) is 13.2. The molecule has 2 aromatic rings. The molecule has 0 radical (unpaired) electrons. The molecule has 1 amide bonds. The highest BCUT2D eigenvalue weighted by atomic mass is 16.5. The molecule has 1 N–H and O–H groups in total. The zero-order chi connectivity index (χ0) is 16.1. The average Bonchev–Trinajstić information content (AvgIpc) is 2.61. The molecule has 3 rings (SSSR count). The van der Waals surface area contributed by atoms with Gasteiger partial charge in [0.1, 0.15) is 5.69 Å². The van der Waals surface area contributed by atoms with Gasteiger partial charge >= 0.3 is 0 Å². The van der Waals surface area contributed by atoms with E-state index in [9.17, 15) is 4.79 Å². The van der Waals surface area contributed by atoms with E-state index >= 15 is 0 Å². The van der Waals surface area contributed by atoms with Crippen molar-refractivity contribution in [2.45, 2.75) is 13.0 Å². The number of amides is 1. The third-order valence-corrected chi connectivity index (χ3v) is 3.88. The number of methoxy groups -OCH3 is 1. The van der Waals surface area contributed by atoms with Crippen molar-refractivity contribution in [1.82, 2.24) is 14.9 Å². The summed E-state index contributed by atoms with van der Waals surface area (Å²) in [5.74, 6) is 0.391. The van der Waals surface area contributed by atoms with E-state index in [2.05, 4.69) is 27.4 Å². The van der Waals surface area contributed by atoms with Gasteiger partial charge in [-0.2, -0.15) is 0 Å². The Bertz CT molecular complexity index is 690. The standard InChI is InChI=1S/C17H20N4O2/c1-23-11-9-19-17-18-8-6-15(20-17)16(22)21-10-7-13-4-2-3-5-14(13)12-21/h2-6,8H,7,9-12H2,1H3,(H,18,19,20). The van der Waals surface area contributed by atoms with Gasteiger partial charge in [0.15, 0.2) is 0 Å². The van der Waals surface area contributed by atoms with Gasteiger partial charge in [0.05, 0.1) is 6.61 Å². The summed E-state index contributed by atoms with van der Waals surface area (Å²) in [6.07, 6.45) is 2.49. The van der Waals surface area contributed by atoms with Gasteiger partial charge in [0, 0.05) is 32.9 Å².